The molecule has 0 aromatic carbocycles. The maximum atomic E-state index is 6.13. The van der Waals surface area contributed by atoms with Gasteiger partial charge in [0.05, 0.1) is 14.4 Å². The van der Waals surface area contributed by atoms with Gasteiger partial charge in [-0.2, -0.15) is 0 Å². The van der Waals surface area contributed by atoms with Crippen molar-refractivity contribution in [3.05, 3.63) is 49.9 Å². The Balaban J connectivity index is 2.00. The van der Waals surface area contributed by atoms with Gasteiger partial charge in [-0.15, -0.1) is 11.3 Å². The molecule has 0 bridgehead atoms. The highest BCUT2D eigenvalue weighted by atomic mass is 35.5. The minimum atomic E-state index is 0.156. The summed E-state index contributed by atoms with van der Waals surface area (Å²) in [4.78, 5) is 4.45. The molecule has 5 heteroatoms. The molecule has 0 aliphatic rings. The van der Waals surface area contributed by atoms with E-state index in [2.05, 4.69) is 17.2 Å². The molecule has 2 rings (SSSR count). The molecule has 0 saturated carbocycles. The van der Waals surface area contributed by atoms with Gasteiger partial charge in [-0.1, -0.05) is 29.3 Å². The Morgan fingerprint density at radius 3 is 2.78 bits per heavy atom. The lowest BCUT2D eigenvalue weighted by Crippen LogP contribution is -2.18. The van der Waals surface area contributed by atoms with Crippen LogP contribution in [0, 0.1) is 6.92 Å². The number of aryl methyl sites for hydroxylation is 1. The Labute approximate surface area is 121 Å². The minimum absolute atomic E-state index is 0.156. The van der Waals surface area contributed by atoms with Crippen LogP contribution >= 0.6 is 34.5 Å². The number of aromatic nitrogens is 1. The summed E-state index contributed by atoms with van der Waals surface area (Å²) in [6.45, 7) is 4.77. The summed E-state index contributed by atoms with van der Waals surface area (Å²) in [7, 11) is 0. The fourth-order valence-electron chi connectivity index (χ4n) is 1.71. The van der Waals surface area contributed by atoms with Crippen LogP contribution in [-0.2, 0) is 6.54 Å². The van der Waals surface area contributed by atoms with Gasteiger partial charge < -0.3 is 5.32 Å². The summed E-state index contributed by atoms with van der Waals surface area (Å²) in [6.07, 6.45) is 0. The van der Waals surface area contributed by atoms with Crippen LogP contribution in [0.1, 0.15) is 29.9 Å². The third-order valence-electron chi connectivity index (χ3n) is 2.68. The van der Waals surface area contributed by atoms with Crippen LogP contribution in [-0.4, -0.2) is 4.98 Å². The van der Waals surface area contributed by atoms with Gasteiger partial charge in [0.15, 0.2) is 0 Å². The molecule has 0 radical (unpaired) electrons. The lowest BCUT2D eigenvalue weighted by Gasteiger charge is -2.13. The highest BCUT2D eigenvalue weighted by molar-refractivity contribution is 7.20. The molecule has 18 heavy (non-hydrogen) atoms. The first-order chi connectivity index (χ1) is 8.56. The van der Waals surface area contributed by atoms with Crippen molar-refractivity contribution in [2.75, 3.05) is 0 Å². The van der Waals surface area contributed by atoms with Crippen molar-refractivity contribution in [2.24, 2.45) is 0 Å². The molecule has 1 atom stereocenters. The zero-order chi connectivity index (χ0) is 13.1. The van der Waals surface area contributed by atoms with Gasteiger partial charge in [-0.3, -0.25) is 4.98 Å². The van der Waals surface area contributed by atoms with E-state index in [1.165, 1.54) is 11.3 Å². The number of nitrogens with one attached hydrogen (secondary N) is 1. The maximum Gasteiger partial charge on any atom is 0.0991 e. The SMILES string of the molecule is Cc1cccc(CNC(C)c2cc(Cl)sc2Cl)n1. The van der Waals surface area contributed by atoms with Crippen molar-refractivity contribution in [1.29, 1.82) is 0 Å². The van der Waals surface area contributed by atoms with Gasteiger partial charge in [0, 0.05) is 18.3 Å². The van der Waals surface area contributed by atoms with E-state index in [1.807, 2.05) is 31.2 Å². The van der Waals surface area contributed by atoms with Crippen molar-refractivity contribution in [3.63, 3.8) is 0 Å². The Morgan fingerprint density at radius 2 is 2.17 bits per heavy atom. The average molecular weight is 301 g/mol. The highest BCUT2D eigenvalue weighted by Crippen LogP contribution is 2.34. The maximum absolute atomic E-state index is 6.13. The van der Waals surface area contributed by atoms with E-state index in [0.29, 0.717) is 6.54 Å². The number of pyridine rings is 1. The van der Waals surface area contributed by atoms with Crippen LogP contribution in [0.2, 0.25) is 8.67 Å². The van der Waals surface area contributed by atoms with Crippen LogP contribution in [0.25, 0.3) is 0 Å². The molecule has 0 aliphatic heterocycles. The summed E-state index contributed by atoms with van der Waals surface area (Å²) in [6, 6.07) is 8.08. The molecule has 0 amide bonds. The standard InChI is InChI=1S/C13H14Cl2N2S/c1-8-4-3-5-10(17-8)7-16-9(2)11-6-12(14)18-13(11)15/h3-6,9,16H,7H2,1-2H3. The van der Waals surface area contributed by atoms with Gasteiger partial charge in [-0.25, -0.2) is 0 Å². The monoisotopic (exact) mass is 300 g/mol. The topological polar surface area (TPSA) is 24.9 Å². The first-order valence-electron chi connectivity index (χ1n) is 5.67. The van der Waals surface area contributed by atoms with Gasteiger partial charge in [-0.05, 0) is 37.6 Å². The largest absolute Gasteiger partial charge is 0.304 e. The fraction of sp³-hybridized carbons (Fsp3) is 0.308. The summed E-state index contributed by atoms with van der Waals surface area (Å²) in [5, 5.41) is 3.40. The summed E-state index contributed by atoms with van der Waals surface area (Å²) >= 11 is 13.5. The van der Waals surface area contributed by atoms with Crippen LogP contribution in [0.15, 0.2) is 24.3 Å². The molecule has 2 aromatic rings. The molecule has 96 valence electrons. The Hall–Kier alpha value is -0.610. The molecule has 0 saturated heterocycles. The second-order valence-corrected chi connectivity index (χ2v) is 6.44. The number of hydrogen-bond donors (Lipinski definition) is 1. The van der Waals surface area contributed by atoms with Gasteiger partial charge in [0.2, 0.25) is 0 Å². The summed E-state index contributed by atoms with van der Waals surface area (Å²) < 4.78 is 1.47. The zero-order valence-corrected chi connectivity index (χ0v) is 12.5. The number of thiophene rings is 1. The molecule has 2 aromatic heterocycles. The summed E-state index contributed by atoms with van der Waals surface area (Å²) in [5.41, 5.74) is 3.09. The number of halogens is 2. The molecule has 1 N–H and O–H groups in total. The minimum Gasteiger partial charge on any atom is -0.304 e. The van der Waals surface area contributed by atoms with E-state index in [9.17, 15) is 0 Å². The van der Waals surface area contributed by atoms with Crippen LogP contribution in [0.3, 0.4) is 0 Å². The predicted octanol–water partition coefficient (Wildman–Crippen LogP) is 4.61. The van der Waals surface area contributed by atoms with Gasteiger partial charge in [0.25, 0.3) is 0 Å². The van der Waals surface area contributed by atoms with Crippen molar-refractivity contribution in [3.8, 4) is 0 Å². The molecular formula is C13H14Cl2N2S. The number of rotatable bonds is 4. The van der Waals surface area contributed by atoms with Crippen LogP contribution in [0.4, 0.5) is 0 Å². The lowest BCUT2D eigenvalue weighted by molar-refractivity contribution is 0.569. The van der Waals surface area contributed by atoms with E-state index in [1.54, 1.807) is 0 Å². The van der Waals surface area contributed by atoms with Gasteiger partial charge in [0.1, 0.15) is 0 Å². The van der Waals surface area contributed by atoms with Crippen molar-refractivity contribution in [2.45, 2.75) is 26.4 Å². The van der Waals surface area contributed by atoms with E-state index < -0.39 is 0 Å². The first kappa shape index (κ1) is 13.8. The third-order valence-corrected chi connectivity index (χ3v) is 4.20. The van der Waals surface area contributed by atoms with Gasteiger partial charge >= 0.3 is 0 Å². The van der Waals surface area contributed by atoms with Crippen molar-refractivity contribution < 1.29 is 0 Å². The molecule has 2 heterocycles. The molecule has 0 fully saturated rings. The van der Waals surface area contributed by atoms with Crippen LogP contribution in [0.5, 0.6) is 0 Å². The molecule has 2 nitrogen and oxygen atoms in total. The molecule has 1 unspecified atom stereocenters. The van der Waals surface area contributed by atoms with Crippen molar-refractivity contribution >= 4 is 34.5 Å². The van der Waals surface area contributed by atoms with E-state index in [-0.39, 0.29) is 6.04 Å². The lowest BCUT2D eigenvalue weighted by atomic mass is 10.2. The second-order valence-electron chi connectivity index (χ2n) is 4.15. The second kappa shape index (κ2) is 6.02. The Bertz CT molecular complexity index is 540. The Morgan fingerprint density at radius 1 is 1.39 bits per heavy atom. The molecule has 0 aliphatic carbocycles. The summed E-state index contributed by atoms with van der Waals surface area (Å²) in [5.74, 6) is 0. The zero-order valence-electron chi connectivity index (χ0n) is 10.2. The van der Waals surface area contributed by atoms with Crippen LogP contribution < -0.4 is 5.32 Å². The van der Waals surface area contributed by atoms with E-state index in [4.69, 9.17) is 23.2 Å². The highest BCUT2D eigenvalue weighted by Gasteiger charge is 2.12. The quantitative estimate of drug-likeness (QED) is 0.892. The van der Waals surface area contributed by atoms with Crippen molar-refractivity contribution in [1.82, 2.24) is 10.3 Å². The fourth-order valence-corrected chi connectivity index (χ4v) is 3.36. The third kappa shape index (κ3) is 3.45. The Kier molecular flexibility index (Phi) is 4.62. The van der Waals surface area contributed by atoms with E-state index >= 15 is 0 Å². The van der Waals surface area contributed by atoms with E-state index in [0.717, 1.165) is 25.6 Å². The normalized spacial score (nSPS) is 12.7. The molecule has 0 spiro atoms. The first-order valence-corrected chi connectivity index (χ1v) is 7.24. The average Bonchev–Trinajstić information content (AvgIpc) is 2.66. The predicted molar refractivity (Wildman–Crippen MR) is 78.6 cm³/mol. The smallest absolute Gasteiger partial charge is 0.0991 e. The number of nitrogens with zero attached hydrogens (tertiary/aromatic N) is 1. The number of hydrogen-bond acceptors (Lipinski definition) is 3. The molecular weight excluding hydrogens is 287 g/mol.